The summed E-state index contributed by atoms with van der Waals surface area (Å²) >= 11 is 1.41. The Morgan fingerprint density at radius 3 is 2.65 bits per heavy atom. The van der Waals surface area contributed by atoms with Gasteiger partial charge in [-0.15, -0.1) is 11.8 Å². The van der Waals surface area contributed by atoms with Crippen molar-refractivity contribution in [1.82, 2.24) is 9.97 Å². The number of aryl methyl sites for hydroxylation is 1. The maximum Gasteiger partial charge on any atom is 0.336 e. The number of anilines is 1. The maximum atomic E-state index is 11.4. The summed E-state index contributed by atoms with van der Waals surface area (Å²) in [6, 6.07) is 20.0. The summed E-state index contributed by atoms with van der Waals surface area (Å²) in [7, 11) is 0. The number of fused-ring (bicyclic) bond motifs is 1. The molecule has 0 aliphatic rings. The molecule has 6 heteroatoms. The van der Waals surface area contributed by atoms with Gasteiger partial charge >= 0.3 is 5.97 Å². The number of nitrogens with one attached hydrogen (secondary N) is 1. The Labute approximate surface area is 185 Å². The van der Waals surface area contributed by atoms with E-state index in [-0.39, 0.29) is 0 Å². The number of carbonyl (C=O) groups is 1. The van der Waals surface area contributed by atoms with E-state index >= 15 is 0 Å². The highest BCUT2D eigenvalue weighted by molar-refractivity contribution is 7.98. The third kappa shape index (κ3) is 4.54. The second-order valence-electron chi connectivity index (χ2n) is 7.27. The molecular weight excluding hydrogens is 406 g/mol. The van der Waals surface area contributed by atoms with E-state index in [4.69, 9.17) is 0 Å². The number of carboxylic acid groups (broad SMARTS) is 1. The van der Waals surface area contributed by atoms with Crippen LogP contribution in [0.25, 0.3) is 22.0 Å². The van der Waals surface area contributed by atoms with Gasteiger partial charge in [-0.2, -0.15) is 0 Å². The van der Waals surface area contributed by atoms with Gasteiger partial charge in [-0.25, -0.2) is 14.8 Å². The lowest BCUT2D eigenvalue weighted by molar-refractivity contribution is 0.0693. The van der Waals surface area contributed by atoms with Crippen LogP contribution in [0, 0.1) is 6.92 Å². The fraction of sp³-hybridized carbons (Fsp3) is 0.160. The van der Waals surface area contributed by atoms with Crippen LogP contribution in [0.2, 0.25) is 0 Å². The SMILES string of the molecule is CSc1cc(-c2cc(NCCc3cccc4c(C)cccc34)ncn2)ccc1C(=O)O. The molecule has 4 aromatic rings. The normalized spacial score (nSPS) is 10.9. The monoisotopic (exact) mass is 429 g/mol. The van der Waals surface area contributed by atoms with Gasteiger partial charge in [0.05, 0.1) is 11.3 Å². The third-order valence-electron chi connectivity index (χ3n) is 5.33. The molecule has 156 valence electrons. The largest absolute Gasteiger partial charge is 0.478 e. The van der Waals surface area contributed by atoms with E-state index in [1.165, 1.54) is 40.0 Å². The van der Waals surface area contributed by atoms with E-state index in [1.807, 2.05) is 18.4 Å². The highest BCUT2D eigenvalue weighted by Crippen LogP contribution is 2.28. The zero-order valence-electron chi connectivity index (χ0n) is 17.4. The molecular formula is C25H23N3O2S. The number of thioether (sulfide) groups is 1. The molecule has 0 aliphatic carbocycles. The molecule has 0 spiro atoms. The zero-order chi connectivity index (χ0) is 21.8. The Kier molecular flexibility index (Phi) is 6.18. The molecule has 0 radical (unpaired) electrons. The van der Waals surface area contributed by atoms with E-state index in [9.17, 15) is 9.90 Å². The fourth-order valence-corrected chi connectivity index (χ4v) is 4.33. The number of carboxylic acids is 1. The molecule has 0 saturated heterocycles. The van der Waals surface area contributed by atoms with Crippen LogP contribution in [0.15, 0.2) is 71.9 Å². The molecule has 3 aromatic carbocycles. The third-order valence-corrected chi connectivity index (χ3v) is 6.10. The van der Waals surface area contributed by atoms with Crippen molar-refractivity contribution in [3.63, 3.8) is 0 Å². The van der Waals surface area contributed by atoms with Gasteiger partial charge in [0.25, 0.3) is 0 Å². The summed E-state index contributed by atoms with van der Waals surface area (Å²) in [6.45, 7) is 2.88. The summed E-state index contributed by atoms with van der Waals surface area (Å²) in [5, 5.41) is 15.3. The first-order valence-electron chi connectivity index (χ1n) is 10.0. The van der Waals surface area contributed by atoms with Crippen LogP contribution < -0.4 is 5.32 Å². The first kappa shape index (κ1) is 20.9. The average molecular weight is 430 g/mol. The van der Waals surface area contributed by atoms with Crippen LogP contribution in [-0.4, -0.2) is 33.8 Å². The predicted molar refractivity (Wildman–Crippen MR) is 127 cm³/mol. The second-order valence-corrected chi connectivity index (χ2v) is 8.12. The van der Waals surface area contributed by atoms with E-state index in [0.29, 0.717) is 10.5 Å². The lowest BCUT2D eigenvalue weighted by Gasteiger charge is -2.11. The lowest BCUT2D eigenvalue weighted by atomic mass is 9.99. The number of aromatic carboxylic acids is 1. The minimum atomic E-state index is -0.926. The molecule has 0 atom stereocenters. The standard InChI is InChI=1S/C25H23N3O2S/c1-16-5-3-8-20-17(6-4-7-19(16)20)11-12-26-24-14-22(27-15-28-24)18-9-10-21(25(29)30)23(13-18)31-2/h3-10,13-15H,11-12H2,1-2H3,(H,29,30)(H,26,27,28). The van der Waals surface area contributed by atoms with Crippen LogP contribution in [0.5, 0.6) is 0 Å². The molecule has 4 rings (SSSR count). The molecule has 1 heterocycles. The number of aromatic nitrogens is 2. The molecule has 2 N–H and O–H groups in total. The van der Waals surface area contributed by atoms with E-state index in [0.717, 1.165) is 30.0 Å². The molecule has 0 saturated carbocycles. The van der Waals surface area contributed by atoms with Gasteiger partial charge in [-0.05, 0) is 53.6 Å². The van der Waals surface area contributed by atoms with Gasteiger partial charge in [-0.1, -0.05) is 42.5 Å². The first-order valence-corrected chi connectivity index (χ1v) is 11.2. The Hall–Kier alpha value is -3.38. The Morgan fingerprint density at radius 2 is 1.84 bits per heavy atom. The van der Waals surface area contributed by atoms with Crippen molar-refractivity contribution in [3.8, 4) is 11.3 Å². The van der Waals surface area contributed by atoms with Crippen molar-refractivity contribution in [2.75, 3.05) is 18.1 Å². The molecule has 31 heavy (non-hydrogen) atoms. The lowest BCUT2D eigenvalue weighted by Crippen LogP contribution is -2.07. The van der Waals surface area contributed by atoms with Crippen LogP contribution in [-0.2, 0) is 6.42 Å². The quantitative estimate of drug-likeness (QED) is 0.368. The van der Waals surface area contributed by atoms with Crippen molar-refractivity contribution >= 4 is 34.3 Å². The van der Waals surface area contributed by atoms with Crippen LogP contribution in [0.3, 0.4) is 0 Å². The number of benzene rings is 3. The van der Waals surface area contributed by atoms with Crippen LogP contribution in [0.1, 0.15) is 21.5 Å². The van der Waals surface area contributed by atoms with Gasteiger partial charge in [-0.3, -0.25) is 0 Å². The number of nitrogens with zero attached hydrogens (tertiary/aromatic N) is 2. The first-order chi connectivity index (χ1) is 15.1. The van der Waals surface area contributed by atoms with Crippen LogP contribution in [0.4, 0.5) is 5.82 Å². The summed E-state index contributed by atoms with van der Waals surface area (Å²) in [5.41, 5.74) is 4.51. The molecule has 0 unspecified atom stereocenters. The van der Waals surface area contributed by atoms with E-state index in [2.05, 4.69) is 58.6 Å². The van der Waals surface area contributed by atoms with Gasteiger partial charge in [0.15, 0.2) is 0 Å². The summed E-state index contributed by atoms with van der Waals surface area (Å²) < 4.78 is 0. The minimum absolute atomic E-state index is 0.300. The fourth-order valence-electron chi connectivity index (χ4n) is 3.71. The molecule has 0 fully saturated rings. The van der Waals surface area contributed by atoms with E-state index < -0.39 is 5.97 Å². The Balaban J connectivity index is 1.50. The van der Waals surface area contributed by atoms with Gasteiger partial charge in [0.1, 0.15) is 12.1 Å². The van der Waals surface area contributed by atoms with E-state index in [1.54, 1.807) is 12.1 Å². The topological polar surface area (TPSA) is 75.1 Å². The van der Waals surface area contributed by atoms with Crippen molar-refractivity contribution in [2.45, 2.75) is 18.2 Å². The summed E-state index contributed by atoms with van der Waals surface area (Å²) in [4.78, 5) is 20.8. The molecule has 1 aromatic heterocycles. The Morgan fingerprint density at radius 1 is 1.03 bits per heavy atom. The highest BCUT2D eigenvalue weighted by Gasteiger charge is 2.12. The van der Waals surface area contributed by atoms with Crippen molar-refractivity contribution < 1.29 is 9.90 Å². The molecule has 5 nitrogen and oxygen atoms in total. The Bertz CT molecular complexity index is 1260. The van der Waals surface area contributed by atoms with Crippen molar-refractivity contribution in [2.24, 2.45) is 0 Å². The summed E-state index contributed by atoms with van der Waals surface area (Å²) in [5.74, 6) is -0.181. The van der Waals surface area contributed by atoms with Gasteiger partial charge < -0.3 is 10.4 Å². The van der Waals surface area contributed by atoms with Gasteiger partial charge in [0.2, 0.25) is 0 Å². The summed E-state index contributed by atoms with van der Waals surface area (Å²) in [6.07, 6.45) is 4.28. The zero-order valence-corrected chi connectivity index (χ0v) is 18.2. The molecule has 0 aliphatic heterocycles. The number of rotatable bonds is 7. The number of hydrogen-bond acceptors (Lipinski definition) is 5. The second kappa shape index (κ2) is 9.18. The number of hydrogen-bond donors (Lipinski definition) is 2. The van der Waals surface area contributed by atoms with Gasteiger partial charge in [0, 0.05) is 23.1 Å². The maximum absolute atomic E-state index is 11.4. The van der Waals surface area contributed by atoms with Crippen molar-refractivity contribution in [3.05, 3.63) is 83.7 Å². The highest BCUT2D eigenvalue weighted by atomic mass is 32.2. The minimum Gasteiger partial charge on any atom is -0.478 e. The average Bonchev–Trinajstić information content (AvgIpc) is 2.79. The molecule has 0 amide bonds. The molecule has 0 bridgehead atoms. The van der Waals surface area contributed by atoms with Crippen LogP contribution >= 0.6 is 11.8 Å². The predicted octanol–water partition coefficient (Wildman–Crippen LogP) is 5.68. The smallest absolute Gasteiger partial charge is 0.336 e. The van der Waals surface area contributed by atoms with Crippen molar-refractivity contribution in [1.29, 1.82) is 0 Å².